The van der Waals surface area contributed by atoms with Gasteiger partial charge in [0, 0.05) is 42.8 Å². The SMILES string of the molecule is N#Cc1ccc(-c2ncccn2)c(C(=O)N2C3CC3CC[C@H]2CNc2cc(C(F)(F)F)ccn2)c1. The summed E-state index contributed by atoms with van der Waals surface area (Å²) in [6, 6.07) is 10.3. The van der Waals surface area contributed by atoms with Crippen molar-refractivity contribution in [2.45, 2.75) is 37.5 Å². The average Bonchev–Trinajstić information content (AvgIpc) is 3.66. The fraction of sp³-hybridized carbons (Fsp3) is 0.320. The van der Waals surface area contributed by atoms with Gasteiger partial charge in [0.05, 0.1) is 22.8 Å². The van der Waals surface area contributed by atoms with E-state index in [1.54, 1.807) is 36.7 Å². The Bertz CT molecular complexity index is 1290. The molecule has 178 valence electrons. The molecule has 1 saturated carbocycles. The Morgan fingerprint density at radius 3 is 2.66 bits per heavy atom. The molecule has 1 aliphatic carbocycles. The number of aromatic nitrogens is 3. The number of carbonyl (C=O) groups is 1. The van der Waals surface area contributed by atoms with Crippen LogP contribution in [-0.2, 0) is 6.18 Å². The summed E-state index contributed by atoms with van der Waals surface area (Å²) in [7, 11) is 0. The number of anilines is 1. The molecule has 2 fully saturated rings. The topological polar surface area (TPSA) is 94.8 Å². The molecule has 1 N–H and O–H groups in total. The zero-order valence-corrected chi connectivity index (χ0v) is 18.5. The highest BCUT2D eigenvalue weighted by Crippen LogP contribution is 2.46. The third-order valence-electron chi connectivity index (χ3n) is 6.53. The first-order valence-corrected chi connectivity index (χ1v) is 11.3. The molecule has 1 amide bonds. The Morgan fingerprint density at radius 1 is 1.11 bits per heavy atom. The van der Waals surface area contributed by atoms with Crippen molar-refractivity contribution in [1.29, 1.82) is 5.26 Å². The molecule has 1 aromatic carbocycles. The van der Waals surface area contributed by atoms with Crippen LogP contribution in [0.1, 0.15) is 40.7 Å². The largest absolute Gasteiger partial charge is 0.416 e. The van der Waals surface area contributed by atoms with Gasteiger partial charge < -0.3 is 10.2 Å². The van der Waals surface area contributed by atoms with Gasteiger partial charge in [-0.15, -0.1) is 0 Å². The first-order chi connectivity index (χ1) is 16.8. The second-order valence-electron chi connectivity index (χ2n) is 8.76. The van der Waals surface area contributed by atoms with Crippen LogP contribution >= 0.6 is 0 Å². The predicted molar refractivity (Wildman–Crippen MR) is 121 cm³/mol. The normalized spacial score (nSPS) is 21.1. The van der Waals surface area contributed by atoms with Gasteiger partial charge in [0.15, 0.2) is 5.82 Å². The van der Waals surface area contributed by atoms with Gasteiger partial charge in [-0.25, -0.2) is 15.0 Å². The number of pyridine rings is 1. The molecule has 2 aromatic heterocycles. The van der Waals surface area contributed by atoms with Crippen LogP contribution in [0.3, 0.4) is 0 Å². The average molecular weight is 478 g/mol. The molecular formula is C25H21F3N6O. The molecule has 2 aliphatic rings. The number of hydrogen-bond acceptors (Lipinski definition) is 6. The van der Waals surface area contributed by atoms with Crippen LogP contribution in [0.2, 0.25) is 0 Å². The number of nitrogens with one attached hydrogen (secondary N) is 1. The number of hydrogen-bond donors (Lipinski definition) is 1. The molecule has 10 heteroatoms. The zero-order chi connectivity index (χ0) is 24.6. The fourth-order valence-electron chi connectivity index (χ4n) is 4.70. The molecule has 0 radical (unpaired) electrons. The summed E-state index contributed by atoms with van der Waals surface area (Å²) < 4.78 is 39.2. The number of alkyl halides is 3. The van der Waals surface area contributed by atoms with Crippen molar-refractivity contribution in [3.05, 3.63) is 71.7 Å². The molecule has 1 aliphatic heterocycles. The first-order valence-electron chi connectivity index (χ1n) is 11.3. The van der Waals surface area contributed by atoms with Gasteiger partial charge in [-0.3, -0.25) is 4.79 Å². The highest BCUT2D eigenvalue weighted by Gasteiger charge is 2.50. The fourth-order valence-corrected chi connectivity index (χ4v) is 4.70. The van der Waals surface area contributed by atoms with E-state index in [4.69, 9.17) is 0 Å². The van der Waals surface area contributed by atoms with E-state index in [9.17, 15) is 23.2 Å². The van der Waals surface area contributed by atoms with E-state index in [1.807, 2.05) is 4.90 Å². The van der Waals surface area contributed by atoms with Crippen LogP contribution in [0.4, 0.5) is 19.0 Å². The van der Waals surface area contributed by atoms with Crippen LogP contribution in [0, 0.1) is 17.2 Å². The van der Waals surface area contributed by atoms with Gasteiger partial charge >= 0.3 is 6.18 Å². The number of benzene rings is 1. The number of halogens is 3. The third kappa shape index (κ3) is 4.67. The van der Waals surface area contributed by atoms with Gasteiger partial charge in [0.25, 0.3) is 5.91 Å². The van der Waals surface area contributed by atoms with Crippen molar-refractivity contribution in [3.8, 4) is 17.5 Å². The van der Waals surface area contributed by atoms with Crippen molar-refractivity contribution >= 4 is 11.7 Å². The zero-order valence-electron chi connectivity index (χ0n) is 18.5. The highest BCUT2D eigenvalue weighted by atomic mass is 19.4. The minimum Gasteiger partial charge on any atom is -0.368 e. The molecule has 0 bridgehead atoms. The first kappa shape index (κ1) is 22.8. The lowest BCUT2D eigenvalue weighted by molar-refractivity contribution is -0.137. The van der Waals surface area contributed by atoms with E-state index >= 15 is 0 Å². The lowest BCUT2D eigenvalue weighted by Gasteiger charge is -2.36. The Balaban J connectivity index is 1.43. The van der Waals surface area contributed by atoms with E-state index < -0.39 is 11.7 Å². The van der Waals surface area contributed by atoms with Crippen molar-refractivity contribution in [2.75, 3.05) is 11.9 Å². The van der Waals surface area contributed by atoms with Crippen LogP contribution in [0.25, 0.3) is 11.4 Å². The van der Waals surface area contributed by atoms with Crippen LogP contribution in [-0.4, -0.2) is 44.4 Å². The quantitative estimate of drug-likeness (QED) is 0.579. The molecule has 5 rings (SSSR count). The van der Waals surface area contributed by atoms with E-state index in [2.05, 4.69) is 26.3 Å². The molecule has 35 heavy (non-hydrogen) atoms. The molecule has 3 aromatic rings. The standard InChI is InChI=1S/C25H21F3N6O/c26-25(27,28)17-6-9-30-22(12-17)33-14-18-4-3-16-11-21(16)34(18)24(35)20-10-15(13-29)2-5-19(20)23-31-7-1-8-32-23/h1-2,5-10,12,16,18,21H,3-4,11,14H2,(H,30,33)/t16?,18-,21?/m0/s1. The van der Waals surface area contributed by atoms with Gasteiger partial charge in [0.1, 0.15) is 5.82 Å². The summed E-state index contributed by atoms with van der Waals surface area (Å²) in [5.74, 6) is 0.667. The molecular weight excluding hydrogens is 457 g/mol. The number of fused-ring (bicyclic) bond motifs is 1. The molecule has 1 saturated heterocycles. The monoisotopic (exact) mass is 478 g/mol. The van der Waals surface area contributed by atoms with Crippen LogP contribution < -0.4 is 5.32 Å². The third-order valence-corrected chi connectivity index (χ3v) is 6.53. The molecule has 2 unspecified atom stereocenters. The van der Waals surface area contributed by atoms with Crippen molar-refractivity contribution in [2.24, 2.45) is 5.92 Å². The molecule has 3 heterocycles. The van der Waals surface area contributed by atoms with E-state index in [-0.39, 0.29) is 30.4 Å². The van der Waals surface area contributed by atoms with Crippen molar-refractivity contribution in [3.63, 3.8) is 0 Å². The van der Waals surface area contributed by atoms with Gasteiger partial charge in [-0.05, 0) is 61.6 Å². The molecule has 7 nitrogen and oxygen atoms in total. The van der Waals surface area contributed by atoms with E-state index in [1.165, 1.54) is 0 Å². The van der Waals surface area contributed by atoms with Crippen molar-refractivity contribution in [1.82, 2.24) is 19.9 Å². The predicted octanol–water partition coefficient (Wildman–Crippen LogP) is 4.53. The second-order valence-corrected chi connectivity index (χ2v) is 8.76. The lowest BCUT2D eigenvalue weighted by Crippen LogP contribution is -2.48. The molecule has 3 atom stereocenters. The summed E-state index contributed by atoms with van der Waals surface area (Å²) in [5.41, 5.74) is 0.434. The maximum Gasteiger partial charge on any atom is 0.416 e. The number of nitrogens with zero attached hydrogens (tertiary/aromatic N) is 5. The number of amides is 1. The van der Waals surface area contributed by atoms with Gasteiger partial charge in [-0.2, -0.15) is 18.4 Å². The number of piperidine rings is 1. The Labute approximate surface area is 199 Å². The van der Waals surface area contributed by atoms with Crippen LogP contribution in [0.5, 0.6) is 0 Å². The Morgan fingerprint density at radius 2 is 1.91 bits per heavy atom. The minimum absolute atomic E-state index is 0.0628. The van der Waals surface area contributed by atoms with Crippen LogP contribution in [0.15, 0.2) is 55.0 Å². The highest BCUT2D eigenvalue weighted by molar-refractivity contribution is 6.01. The van der Waals surface area contributed by atoms with Crippen molar-refractivity contribution < 1.29 is 18.0 Å². The smallest absolute Gasteiger partial charge is 0.368 e. The Kier molecular flexibility index (Phi) is 5.84. The lowest BCUT2D eigenvalue weighted by atomic mass is 9.97. The summed E-state index contributed by atoms with van der Waals surface area (Å²) in [4.78, 5) is 28.2. The summed E-state index contributed by atoms with van der Waals surface area (Å²) in [6.07, 6.45) is 2.38. The number of likely N-dealkylation sites (tertiary alicyclic amines) is 1. The van der Waals surface area contributed by atoms with E-state index in [0.717, 1.165) is 31.2 Å². The maximum absolute atomic E-state index is 13.9. The summed E-state index contributed by atoms with van der Waals surface area (Å²) >= 11 is 0. The van der Waals surface area contributed by atoms with Gasteiger partial charge in [-0.1, -0.05) is 0 Å². The summed E-state index contributed by atoms with van der Waals surface area (Å²) in [5, 5.41) is 12.4. The maximum atomic E-state index is 13.9. The number of nitriles is 1. The van der Waals surface area contributed by atoms with E-state index in [0.29, 0.717) is 34.9 Å². The van der Waals surface area contributed by atoms with Gasteiger partial charge in [0.2, 0.25) is 0 Å². The number of carbonyl (C=O) groups excluding carboxylic acids is 1. The number of rotatable bonds is 5. The minimum atomic E-state index is -4.46. The Hall–Kier alpha value is -4.00. The molecule has 0 spiro atoms. The second kappa shape index (κ2) is 8.98. The summed E-state index contributed by atoms with van der Waals surface area (Å²) in [6.45, 7) is 0.262.